The van der Waals surface area contributed by atoms with Gasteiger partial charge >= 0.3 is 5.97 Å². The molecule has 3 aromatic rings. The van der Waals surface area contributed by atoms with Crippen LogP contribution >= 0.6 is 0 Å². The topological polar surface area (TPSA) is 61.5 Å². The van der Waals surface area contributed by atoms with E-state index in [-0.39, 0.29) is 5.97 Å². The number of nitrogen functional groups attached to an aromatic ring is 1. The molecule has 0 bridgehead atoms. The third-order valence-electron chi connectivity index (χ3n) is 4.61. The second-order valence-electron chi connectivity index (χ2n) is 6.68. The summed E-state index contributed by atoms with van der Waals surface area (Å²) in [7, 11) is 1.39. The van der Waals surface area contributed by atoms with E-state index in [1.54, 1.807) is 12.1 Å². The first-order valence-electron chi connectivity index (χ1n) is 9.38. The van der Waals surface area contributed by atoms with E-state index in [1.807, 2.05) is 48.5 Å². The summed E-state index contributed by atoms with van der Waals surface area (Å²) in [6.07, 6.45) is 2.74. The number of anilines is 1. The first kappa shape index (κ1) is 19.5. The fourth-order valence-electron chi connectivity index (χ4n) is 3.08. The lowest BCUT2D eigenvalue weighted by Crippen LogP contribution is -2.02. The van der Waals surface area contributed by atoms with Crippen LogP contribution in [0, 0.1) is 0 Å². The molecule has 0 fully saturated rings. The van der Waals surface area contributed by atoms with E-state index >= 15 is 0 Å². The molecule has 0 unspecified atom stereocenters. The van der Waals surface area contributed by atoms with Crippen molar-refractivity contribution in [3.63, 3.8) is 0 Å². The van der Waals surface area contributed by atoms with Crippen molar-refractivity contribution in [1.29, 1.82) is 0 Å². The zero-order chi connectivity index (χ0) is 19.8. The summed E-state index contributed by atoms with van der Waals surface area (Å²) in [6.45, 7) is 0.534. The number of rotatable bonds is 8. The van der Waals surface area contributed by atoms with Crippen molar-refractivity contribution in [2.75, 3.05) is 12.8 Å². The van der Waals surface area contributed by atoms with Gasteiger partial charge < -0.3 is 15.2 Å². The lowest BCUT2D eigenvalue weighted by molar-refractivity contribution is 0.0600. The van der Waals surface area contributed by atoms with Gasteiger partial charge in [-0.05, 0) is 66.3 Å². The molecule has 0 saturated carbocycles. The molecule has 3 rings (SSSR count). The largest absolute Gasteiger partial charge is 0.489 e. The number of ether oxygens (including phenoxy) is 2. The van der Waals surface area contributed by atoms with Gasteiger partial charge in [0, 0.05) is 5.69 Å². The highest BCUT2D eigenvalue weighted by atomic mass is 16.5. The third kappa shape index (κ3) is 5.36. The van der Waals surface area contributed by atoms with Crippen LogP contribution in [0.25, 0.3) is 0 Å². The standard InChI is InChI=1S/C24H25NO3/c1-27-24(26)20-12-10-18(11-13-20)8-5-9-21-16-22(25)14-15-23(21)28-17-19-6-3-2-4-7-19/h2-4,6-7,10-16H,5,8-9,17,25H2,1H3. The van der Waals surface area contributed by atoms with Crippen molar-refractivity contribution in [3.05, 3.63) is 95.1 Å². The Hall–Kier alpha value is -3.27. The molecular weight excluding hydrogens is 350 g/mol. The van der Waals surface area contributed by atoms with Crippen molar-refractivity contribution in [1.82, 2.24) is 0 Å². The quantitative estimate of drug-likeness (QED) is 0.453. The van der Waals surface area contributed by atoms with Crippen LogP contribution in [-0.4, -0.2) is 13.1 Å². The summed E-state index contributed by atoms with van der Waals surface area (Å²) >= 11 is 0. The van der Waals surface area contributed by atoms with Crippen LogP contribution in [-0.2, 0) is 24.2 Å². The summed E-state index contributed by atoms with van der Waals surface area (Å²) in [6, 6.07) is 23.5. The zero-order valence-electron chi connectivity index (χ0n) is 16.1. The number of carbonyl (C=O) groups excluding carboxylic acids is 1. The predicted octanol–water partition coefficient (Wildman–Crippen LogP) is 4.81. The van der Waals surface area contributed by atoms with E-state index < -0.39 is 0 Å². The molecule has 0 saturated heterocycles. The highest BCUT2D eigenvalue weighted by Gasteiger charge is 2.07. The minimum absolute atomic E-state index is 0.313. The molecule has 4 heteroatoms. The first-order chi connectivity index (χ1) is 13.7. The van der Waals surface area contributed by atoms with Crippen LogP contribution in [0.3, 0.4) is 0 Å². The average molecular weight is 375 g/mol. The minimum atomic E-state index is -0.313. The smallest absolute Gasteiger partial charge is 0.337 e. The van der Waals surface area contributed by atoms with Gasteiger partial charge in [-0.15, -0.1) is 0 Å². The molecule has 0 aliphatic carbocycles. The fourth-order valence-corrected chi connectivity index (χ4v) is 3.08. The van der Waals surface area contributed by atoms with Gasteiger partial charge in [0.1, 0.15) is 12.4 Å². The number of aryl methyl sites for hydroxylation is 2. The maximum absolute atomic E-state index is 11.5. The van der Waals surface area contributed by atoms with E-state index in [9.17, 15) is 4.79 Å². The van der Waals surface area contributed by atoms with Crippen molar-refractivity contribution >= 4 is 11.7 Å². The number of nitrogens with two attached hydrogens (primary N) is 1. The van der Waals surface area contributed by atoms with Crippen LogP contribution < -0.4 is 10.5 Å². The molecular formula is C24H25NO3. The summed E-state index contributed by atoms with van der Waals surface area (Å²) in [5.74, 6) is 0.561. The van der Waals surface area contributed by atoms with Crippen LogP contribution in [0.1, 0.15) is 33.5 Å². The van der Waals surface area contributed by atoms with E-state index in [0.29, 0.717) is 12.2 Å². The second kappa shape index (κ2) is 9.60. The predicted molar refractivity (Wildman–Crippen MR) is 111 cm³/mol. The summed E-state index contributed by atoms with van der Waals surface area (Å²) in [5, 5.41) is 0. The van der Waals surface area contributed by atoms with Crippen molar-refractivity contribution < 1.29 is 14.3 Å². The van der Waals surface area contributed by atoms with Gasteiger partial charge in [-0.3, -0.25) is 0 Å². The fraction of sp³-hybridized carbons (Fsp3) is 0.208. The van der Waals surface area contributed by atoms with Gasteiger partial charge in [0.2, 0.25) is 0 Å². The normalized spacial score (nSPS) is 10.5. The maximum Gasteiger partial charge on any atom is 0.337 e. The van der Waals surface area contributed by atoms with E-state index in [4.69, 9.17) is 15.2 Å². The molecule has 0 amide bonds. The van der Waals surface area contributed by atoms with Gasteiger partial charge in [0.25, 0.3) is 0 Å². The molecule has 2 N–H and O–H groups in total. The lowest BCUT2D eigenvalue weighted by Gasteiger charge is -2.13. The Morgan fingerprint density at radius 1 is 0.893 bits per heavy atom. The highest BCUT2D eigenvalue weighted by molar-refractivity contribution is 5.89. The summed E-state index contributed by atoms with van der Waals surface area (Å²) in [4.78, 5) is 11.5. The number of hydrogen-bond donors (Lipinski definition) is 1. The molecule has 3 aromatic carbocycles. The van der Waals surface area contributed by atoms with Crippen LogP contribution in [0.2, 0.25) is 0 Å². The monoisotopic (exact) mass is 375 g/mol. The van der Waals surface area contributed by atoms with Crippen LogP contribution in [0.15, 0.2) is 72.8 Å². The molecule has 0 spiro atoms. The van der Waals surface area contributed by atoms with E-state index in [0.717, 1.165) is 41.8 Å². The van der Waals surface area contributed by atoms with Crippen molar-refractivity contribution in [2.24, 2.45) is 0 Å². The number of hydrogen-bond acceptors (Lipinski definition) is 4. The molecule has 0 heterocycles. The molecule has 0 radical (unpaired) electrons. The van der Waals surface area contributed by atoms with Crippen LogP contribution in [0.5, 0.6) is 5.75 Å². The molecule has 0 atom stereocenters. The number of esters is 1. The Morgan fingerprint density at radius 2 is 1.64 bits per heavy atom. The Morgan fingerprint density at radius 3 is 2.36 bits per heavy atom. The second-order valence-corrected chi connectivity index (χ2v) is 6.68. The van der Waals surface area contributed by atoms with Gasteiger partial charge in [-0.1, -0.05) is 42.5 Å². The molecule has 4 nitrogen and oxygen atoms in total. The van der Waals surface area contributed by atoms with E-state index in [2.05, 4.69) is 12.1 Å². The average Bonchev–Trinajstić information content (AvgIpc) is 2.74. The SMILES string of the molecule is COC(=O)c1ccc(CCCc2cc(N)ccc2OCc2ccccc2)cc1. The van der Waals surface area contributed by atoms with E-state index in [1.165, 1.54) is 12.7 Å². The Balaban J connectivity index is 1.59. The van der Waals surface area contributed by atoms with Gasteiger partial charge in [-0.2, -0.15) is 0 Å². The molecule has 0 aliphatic heterocycles. The van der Waals surface area contributed by atoms with Crippen molar-refractivity contribution in [2.45, 2.75) is 25.9 Å². The number of methoxy groups -OCH3 is 1. The third-order valence-corrected chi connectivity index (χ3v) is 4.61. The minimum Gasteiger partial charge on any atom is -0.489 e. The van der Waals surface area contributed by atoms with Crippen molar-refractivity contribution in [3.8, 4) is 5.75 Å². The van der Waals surface area contributed by atoms with Crippen LogP contribution in [0.4, 0.5) is 5.69 Å². The Labute approximate surface area is 165 Å². The zero-order valence-corrected chi connectivity index (χ0v) is 16.1. The van der Waals surface area contributed by atoms with Gasteiger partial charge in [0.15, 0.2) is 0 Å². The molecule has 144 valence electrons. The van der Waals surface area contributed by atoms with Gasteiger partial charge in [-0.25, -0.2) is 4.79 Å². The first-order valence-corrected chi connectivity index (χ1v) is 9.38. The number of benzene rings is 3. The Kier molecular flexibility index (Phi) is 6.68. The van der Waals surface area contributed by atoms with Gasteiger partial charge in [0.05, 0.1) is 12.7 Å². The highest BCUT2D eigenvalue weighted by Crippen LogP contribution is 2.24. The number of carbonyl (C=O) groups is 1. The Bertz CT molecular complexity index is 905. The molecule has 0 aliphatic rings. The lowest BCUT2D eigenvalue weighted by atomic mass is 10.0. The summed E-state index contributed by atoms with van der Waals surface area (Å²) in [5.41, 5.74) is 10.7. The molecule has 0 aromatic heterocycles. The maximum atomic E-state index is 11.5. The molecule has 28 heavy (non-hydrogen) atoms. The summed E-state index contributed by atoms with van der Waals surface area (Å²) < 4.78 is 10.8.